The molecule has 1 heterocycles. The molecule has 2 aromatic rings. The number of benzene rings is 1. The lowest BCUT2D eigenvalue weighted by atomic mass is 10.0. The number of non-ortho nitro benzene ring substituents is 1. The van der Waals surface area contributed by atoms with Crippen LogP contribution in [0.3, 0.4) is 0 Å². The predicted octanol–water partition coefficient (Wildman–Crippen LogP) is 2.60. The summed E-state index contributed by atoms with van der Waals surface area (Å²) in [5, 5.41) is 17.5. The fourth-order valence-corrected chi connectivity index (χ4v) is 1.73. The van der Waals surface area contributed by atoms with Crippen molar-refractivity contribution in [1.82, 2.24) is 10.2 Å². The van der Waals surface area contributed by atoms with E-state index in [0.29, 0.717) is 0 Å². The molecule has 1 aromatic heterocycles. The minimum atomic E-state index is -0.404. The molecule has 0 fully saturated rings. The van der Waals surface area contributed by atoms with E-state index in [1.165, 1.54) is 12.1 Å². The summed E-state index contributed by atoms with van der Waals surface area (Å²) in [7, 11) is 0. The van der Waals surface area contributed by atoms with Gasteiger partial charge in [0.25, 0.3) is 5.69 Å². The Hall–Kier alpha value is -2.17. The van der Waals surface area contributed by atoms with Gasteiger partial charge in [0.1, 0.15) is 0 Å². The van der Waals surface area contributed by atoms with Crippen LogP contribution < -0.4 is 0 Å². The smallest absolute Gasteiger partial charge is 0.269 e. The zero-order chi connectivity index (χ0) is 11.7. The number of nitrogens with zero attached hydrogens (tertiary/aromatic N) is 2. The first-order valence-corrected chi connectivity index (χ1v) is 4.86. The van der Waals surface area contributed by atoms with Crippen molar-refractivity contribution in [2.45, 2.75) is 13.8 Å². The number of nitro benzene ring substituents is 1. The van der Waals surface area contributed by atoms with Crippen LogP contribution in [0.2, 0.25) is 0 Å². The molecule has 0 unspecified atom stereocenters. The van der Waals surface area contributed by atoms with Gasteiger partial charge in [-0.1, -0.05) is 0 Å². The van der Waals surface area contributed by atoms with Crippen LogP contribution in [0.4, 0.5) is 5.69 Å². The van der Waals surface area contributed by atoms with Crippen LogP contribution >= 0.6 is 0 Å². The van der Waals surface area contributed by atoms with Gasteiger partial charge in [-0.15, -0.1) is 0 Å². The molecule has 2 rings (SSSR count). The molecule has 0 spiro atoms. The molecular formula is C11H11N3O2. The number of rotatable bonds is 2. The van der Waals surface area contributed by atoms with Gasteiger partial charge < -0.3 is 0 Å². The molecule has 0 aliphatic carbocycles. The molecule has 1 aromatic carbocycles. The van der Waals surface area contributed by atoms with E-state index in [0.717, 1.165) is 22.5 Å². The second-order valence-electron chi connectivity index (χ2n) is 3.61. The third-order valence-corrected chi connectivity index (χ3v) is 2.49. The van der Waals surface area contributed by atoms with Crippen molar-refractivity contribution in [3.8, 4) is 11.1 Å². The number of hydrogen-bond donors (Lipinski definition) is 1. The van der Waals surface area contributed by atoms with E-state index >= 15 is 0 Å². The van der Waals surface area contributed by atoms with Crippen molar-refractivity contribution >= 4 is 5.69 Å². The molecule has 16 heavy (non-hydrogen) atoms. The van der Waals surface area contributed by atoms with Gasteiger partial charge in [0, 0.05) is 23.4 Å². The lowest BCUT2D eigenvalue weighted by Crippen LogP contribution is -1.88. The Bertz CT molecular complexity index is 509. The molecule has 5 nitrogen and oxygen atoms in total. The van der Waals surface area contributed by atoms with E-state index in [1.54, 1.807) is 12.1 Å². The third-order valence-electron chi connectivity index (χ3n) is 2.49. The van der Waals surface area contributed by atoms with E-state index < -0.39 is 4.92 Å². The highest BCUT2D eigenvalue weighted by Crippen LogP contribution is 2.26. The first-order chi connectivity index (χ1) is 7.59. The number of H-pyrrole nitrogens is 1. The summed E-state index contributed by atoms with van der Waals surface area (Å²) in [5.74, 6) is 0. The number of aromatic nitrogens is 2. The summed E-state index contributed by atoms with van der Waals surface area (Å²) in [6, 6.07) is 6.48. The van der Waals surface area contributed by atoms with Crippen LogP contribution in [0.1, 0.15) is 11.4 Å². The van der Waals surface area contributed by atoms with Crippen molar-refractivity contribution in [3.05, 3.63) is 45.8 Å². The van der Waals surface area contributed by atoms with Gasteiger partial charge in [-0.25, -0.2) is 0 Å². The second kappa shape index (κ2) is 3.77. The molecule has 0 atom stereocenters. The number of aryl methyl sites for hydroxylation is 2. The summed E-state index contributed by atoms with van der Waals surface area (Å²) >= 11 is 0. The monoisotopic (exact) mass is 217 g/mol. The van der Waals surface area contributed by atoms with Gasteiger partial charge in [0.15, 0.2) is 0 Å². The second-order valence-corrected chi connectivity index (χ2v) is 3.61. The van der Waals surface area contributed by atoms with Crippen LogP contribution in [-0.2, 0) is 0 Å². The summed E-state index contributed by atoms with van der Waals surface area (Å²) in [4.78, 5) is 10.1. The Labute approximate surface area is 92.3 Å². The van der Waals surface area contributed by atoms with Gasteiger partial charge in [-0.3, -0.25) is 15.2 Å². The standard InChI is InChI=1S/C11H11N3O2/c1-7-11(8(2)13-12-7)9-3-5-10(6-4-9)14(15)16/h3-6H,1-2H3,(H,12,13). The van der Waals surface area contributed by atoms with Gasteiger partial charge in [0.2, 0.25) is 0 Å². The Kier molecular flexibility index (Phi) is 2.44. The van der Waals surface area contributed by atoms with Crippen LogP contribution in [0.5, 0.6) is 0 Å². The molecule has 1 N–H and O–H groups in total. The maximum absolute atomic E-state index is 10.5. The Morgan fingerprint density at radius 2 is 1.88 bits per heavy atom. The molecule has 0 bridgehead atoms. The fourth-order valence-electron chi connectivity index (χ4n) is 1.73. The van der Waals surface area contributed by atoms with Gasteiger partial charge in [-0.05, 0) is 31.5 Å². The van der Waals surface area contributed by atoms with Crippen LogP contribution in [0.25, 0.3) is 11.1 Å². The average Bonchev–Trinajstić information content (AvgIpc) is 2.59. The van der Waals surface area contributed by atoms with Crippen molar-refractivity contribution in [2.75, 3.05) is 0 Å². The SMILES string of the molecule is Cc1n[nH]c(C)c1-c1ccc([N+](=O)[O-])cc1. The lowest BCUT2D eigenvalue weighted by molar-refractivity contribution is -0.384. The molecule has 0 aliphatic heterocycles. The summed E-state index contributed by atoms with van der Waals surface area (Å²) < 4.78 is 0. The van der Waals surface area contributed by atoms with E-state index in [2.05, 4.69) is 10.2 Å². The Morgan fingerprint density at radius 3 is 2.31 bits per heavy atom. The van der Waals surface area contributed by atoms with Crippen molar-refractivity contribution < 1.29 is 4.92 Å². The minimum Gasteiger partial charge on any atom is -0.282 e. The van der Waals surface area contributed by atoms with Crippen LogP contribution in [0.15, 0.2) is 24.3 Å². The molecule has 5 heteroatoms. The van der Waals surface area contributed by atoms with E-state index in [1.807, 2.05) is 13.8 Å². The van der Waals surface area contributed by atoms with Crippen LogP contribution in [0, 0.1) is 24.0 Å². The van der Waals surface area contributed by atoms with Crippen molar-refractivity contribution in [3.63, 3.8) is 0 Å². The van der Waals surface area contributed by atoms with Crippen molar-refractivity contribution in [2.24, 2.45) is 0 Å². The lowest BCUT2D eigenvalue weighted by Gasteiger charge is -2.00. The van der Waals surface area contributed by atoms with Gasteiger partial charge in [0.05, 0.1) is 10.6 Å². The fraction of sp³-hybridized carbons (Fsp3) is 0.182. The molecular weight excluding hydrogens is 206 g/mol. The highest BCUT2D eigenvalue weighted by molar-refractivity contribution is 5.69. The third kappa shape index (κ3) is 1.67. The van der Waals surface area contributed by atoms with E-state index in [4.69, 9.17) is 0 Å². The molecule has 0 saturated heterocycles. The Balaban J connectivity index is 2.46. The predicted molar refractivity (Wildman–Crippen MR) is 60.2 cm³/mol. The molecule has 0 radical (unpaired) electrons. The maximum Gasteiger partial charge on any atom is 0.269 e. The minimum absolute atomic E-state index is 0.0996. The highest BCUT2D eigenvalue weighted by Gasteiger charge is 2.10. The topological polar surface area (TPSA) is 71.8 Å². The largest absolute Gasteiger partial charge is 0.282 e. The number of nitrogens with one attached hydrogen (secondary N) is 1. The summed E-state index contributed by atoms with van der Waals surface area (Å²) in [6.07, 6.45) is 0. The number of nitro groups is 1. The normalized spacial score (nSPS) is 10.4. The van der Waals surface area contributed by atoms with Crippen LogP contribution in [-0.4, -0.2) is 15.1 Å². The van der Waals surface area contributed by atoms with E-state index in [-0.39, 0.29) is 5.69 Å². The summed E-state index contributed by atoms with van der Waals surface area (Å²) in [6.45, 7) is 3.83. The molecule has 0 amide bonds. The van der Waals surface area contributed by atoms with Gasteiger partial charge in [-0.2, -0.15) is 5.10 Å². The van der Waals surface area contributed by atoms with Crippen molar-refractivity contribution in [1.29, 1.82) is 0 Å². The number of aromatic amines is 1. The molecule has 0 saturated carbocycles. The number of hydrogen-bond acceptors (Lipinski definition) is 3. The summed E-state index contributed by atoms with van der Waals surface area (Å²) in [5.41, 5.74) is 3.91. The quantitative estimate of drug-likeness (QED) is 0.620. The molecule has 82 valence electrons. The zero-order valence-corrected chi connectivity index (χ0v) is 9.02. The highest BCUT2D eigenvalue weighted by atomic mass is 16.6. The maximum atomic E-state index is 10.5. The Morgan fingerprint density at radius 1 is 1.25 bits per heavy atom. The zero-order valence-electron chi connectivity index (χ0n) is 9.02. The first-order valence-electron chi connectivity index (χ1n) is 4.86. The average molecular weight is 217 g/mol. The van der Waals surface area contributed by atoms with Gasteiger partial charge >= 0.3 is 0 Å². The first kappa shape index (κ1) is 10.4. The molecule has 0 aliphatic rings. The van der Waals surface area contributed by atoms with E-state index in [9.17, 15) is 10.1 Å².